The minimum Gasteiger partial charge on any atom is -0.494 e. The van der Waals surface area contributed by atoms with Crippen LogP contribution < -0.4 is 9.47 Å². The van der Waals surface area contributed by atoms with Crippen LogP contribution in [0, 0.1) is 0 Å². The summed E-state index contributed by atoms with van der Waals surface area (Å²) in [5, 5.41) is 0. The zero-order valence-electron chi connectivity index (χ0n) is 21.1. The van der Waals surface area contributed by atoms with Gasteiger partial charge in [-0.15, -0.1) is 0 Å². The first-order valence-corrected chi connectivity index (χ1v) is 12.6. The molecule has 2 aromatic rings. The Bertz CT molecular complexity index is 901. The molecule has 0 aromatic heterocycles. The zero-order valence-corrected chi connectivity index (χ0v) is 21.1. The molecule has 2 aromatic carbocycles. The third-order valence-corrected chi connectivity index (χ3v) is 6.52. The third kappa shape index (κ3) is 6.24. The molecule has 1 aliphatic carbocycles. The molecule has 0 saturated heterocycles. The number of ketones is 2. The van der Waals surface area contributed by atoms with E-state index in [0.717, 1.165) is 52.1 Å². The first-order valence-electron chi connectivity index (χ1n) is 12.6. The Morgan fingerprint density at radius 2 is 0.971 bits per heavy atom. The van der Waals surface area contributed by atoms with Crippen molar-refractivity contribution in [3.63, 3.8) is 0 Å². The highest BCUT2D eigenvalue weighted by atomic mass is 16.5. The summed E-state index contributed by atoms with van der Waals surface area (Å²) in [5.41, 5.74) is 1.66. The van der Waals surface area contributed by atoms with Crippen molar-refractivity contribution >= 4 is 11.6 Å². The van der Waals surface area contributed by atoms with Crippen molar-refractivity contribution in [1.82, 2.24) is 9.80 Å². The highest BCUT2D eigenvalue weighted by molar-refractivity contribution is 6.28. The van der Waals surface area contributed by atoms with Crippen LogP contribution in [-0.4, -0.2) is 73.8 Å². The second-order valence-corrected chi connectivity index (χ2v) is 8.53. The molecule has 0 fully saturated rings. The molecule has 0 spiro atoms. The van der Waals surface area contributed by atoms with Crippen molar-refractivity contribution in [2.24, 2.45) is 0 Å². The average Bonchev–Trinajstić information content (AvgIpc) is 2.87. The van der Waals surface area contributed by atoms with Crippen molar-refractivity contribution in [3.05, 3.63) is 58.7 Å². The second kappa shape index (κ2) is 12.7. The van der Waals surface area contributed by atoms with Crippen molar-refractivity contribution < 1.29 is 19.1 Å². The molecule has 0 N–H and O–H groups in total. The molecule has 0 unspecified atom stereocenters. The van der Waals surface area contributed by atoms with Crippen LogP contribution in [0.4, 0.5) is 0 Å². The van der Waals surface area contributed by atoms with Crippen LogP contribution in [0.25, 0.3) is 0 Å². The lowest BCUT2D eigenvalue weighted by molar-refractivity contribution is 0.0978. The Kier molecular flexibility index (Phi) is 9.66. The molecule has 6 nitrogen and oxygen atoms in total. The van der Waals surface area contributed by atoms with Crippen molar-refractivity contribution in [3.8, 4) is 11.5 Å². The van der Waals surface area contributed by atoms with Crippen LogP contribution in [0.2, 0.25) is 0 Å². The predicted octanol–water partition coefficient (Wildman–Crippen LogP) is 4.68. The van der Waals surface area contributed by atoms with E-state index in [1.165, 1.54) is 0 Å². The summed E-state index contributed by atoms with van der Waals surface area (Å²) < 4.78 is 11.8. The number of hydrogen-bond donors (Lipinski definition) is 0. The molecule has 0 bridgehead atoms. The van der Waals surface area contributed by atoms with E-state index < -0.39 is 0 Å². The zero-order chi connectivity index (χ0) is 24.5. The van der Waals surface area contributed by atoms with Gasteiger partial charge in [-0.2, -0.15) is 0 Å². The van der Waals surface area contributed by atoms with E-state index in [0.29, 0.717) is 47.0 Å². The van der Waals surface area contributed by atoms with Crippen LogP contribution in [0.15, 0.2) is 36.4 Å². The molecule has 3 rings (SSSR count). The van der Waals surface area contributed by atoms with Gasteiger partial charge in [-0.3, -0.25) is 9.59 Å². The van der Waals surface area contributed by atoms with Crippen LogP contribution in [0.1, 0.15) is 72.4 Å². The number of hydrogen-bond acceptors (Lipinski definition) is 6. The topological polar surface area (TPSA) is 59.1 Å². The molecule has 0 aliphatic heterocycles. The van der Waals surface area contributed by atoms with Crippen molar-refractivity contribution in [2.45, 2.75) is 40.5 Å². The Hall–Kier alpha value is -2.70. The van der Waals surface area contributed by atoms with Gasteiger partial charge in [0.15, 0.2) is 11.6 Å². The summed E-state index contributed by atoms with van der Waals surface area (Å²) in [7, 11) is 0. The molecule has 184 valence electrons. The van der Waals surface area contributed by atoms with E-state index >= 15 is 0 Å². The first-order chi connectivity index (χ1) is 16.5. The van der Waals surface area contributed by atoms with Gasteiger partial charge in [0, 0.05) is 35.3 Å². The molecule has 0 atom stereocenters. The fraction of sp³-hybridized carbons (Fsp3) is 0.500. The summed E-state index contributed by atoms with van der Waals surface area (Å²) in [5.74, 6) is 0.949. The number of fused-ring (bicyclic) bond motifs is 2. The minimum atomic E-state index is -0.147. The molecule has 6 heteroatoms. The standard InChI is InChI=1S/C28H38N2O4/c1-5-29(6-2)15-9-17-33-21-11-13-23-25(19-21)27(31)24-14-12-22(20-26(24)28(23)32)34-18-10-16-30(7-3)8-4/h11-14,19-20H,5-10,15-18H2,1-4H3. The fourth-order valence-corrected chi connectivity index (χ4v) is 4.32. The largest absolute Gasteiger partial charge is 0.494 e. The van der Waals surface area contributed by atoms with Gasteiger partial charge in [-0.1, -0.05) is 27.7 Å². The van der Waals surface area contributed by atoms with Gasteiger partial charge in [0.25, 0.3) is 0 Å². The number of benzene rings is 2. The molecule has 0 amide bonds. The van der Waals surface area contributed by atoms with Gasteiger partial charge in [-0.25, -0.2) is 0 Å². The van der Waals surface area contributed by atoms with E-state index in [1.54, 1.807) is 36.4 Å². The second-order valence-electron chi connectivity index (χ2n) is 8.53. The Balaban J connectivity index is 1.63. The van der Waals surface area contributed by atoms with Gasteiger partial charge in [0.1, 0.15) is 11.5 Å². The van der Waals surface area contributed by atoms with Gasteiger partial charge < -0.3 is 19.3 Å². The smallest absolute Gasteiger partial charge is 0.194 e. The Morgan fingerprint density at radius 1 is 0.588 bits per heavy atom. The van der Waals surface area contributed by atoms with Crippen LogP contribution >= 0.6 is 0 Å². The van der Waals surface area contributed by atoms with E-state index in [1.807, 2.05) is 0 Å². The maximum Gasteiger partial charge on any atom is 0.194 e. The van der Waals surface area contributed by atoms with Crippen LogP contribution in [0.3, 0.4) is 0 Å². The van der Waals surface area contributed by atoms with Crippen LogP contribution in [0.5, 0.6) is 11.5 Å². The summed E-state index contributed by atoms with van der Waals surface area (Å²) in [6.45, 7) is 15.8. The first kappa shape index (κ1) is 25.9. The molecule has 0 heterocycles. The highest BCUT2D eigenvalue weighted by Crippen LogP contribution is 2.32. The predicted molar refractivity (Wildman–Crippen MR) is 136 cm³/mol. The number of rotatable bonds is 14. The summed E-state index contributed by atoms with van der Waals surface area (Å²) in [6, 6.07) is 10.4. The maximum atomic E-state index is 13.2. The lowest BCUT2D eigenvalue weighted by atomic mass is 9.84. The summed E-state index contributed by atoms with van der Waals surface area (Å²) in [6.07, 6.45) is 1.82. The summed E-state index contributed by atoms with van der Waals surface area (Å²) in [4.78, 5) is 31.0. The van der Waals surface area contributed by atoms with Crippen molar-refractivity contribution in [2.75, 3.05) is 52.5 Å². The normalized spacial score (nSPS) is 12.8. The van der Waals surface area contributed by atoms with Crippen molar-refractivity contribution in [1.29, 1.82) is 0 Å². The minimum absolute atomic E-state index is 0.147. The Labute approximate surface area is 203 Å². The number of nitrogens with zero attached hydrogens (tertiary/aromatic N) is 2. The Morgan fingerprint density at radius 3 is 1.32 bits per heavy atom. The number of ether oxygens (including phenoxy) is 2. The van der Waals surface area contributed by atoms with E-state index in [-0.39, 0.29) is 11.6 Å². The van der Waals surface area contributed by atoms with E-state index in [2.05, 4.69) is 37.5 Å². The molecular formula is C28H38N2O4. The lowest BCUT2D eigenvalue weighted by Crippen LogP contribution is -2.25. The fourth-order valence-electron chi connectivity index (χ4n) is 4.32. The number of carbonyl (C=O) groups excluding carboxylic acids is 2. The van der Waals surface area contributed by atoms with Gasteiger partial charge >= 0.3 is 0 Å². The monoisotopic (exact) mass is 466 g/mol. The molecule has 1 aliphatic rings. The average molecular weight is 467 g/mol. The van der Waals surface area contributed by atoms with E-state index in [9.17, 15) is 9.59 Å². The lowest BCUT2D eigenvalue weighted by Gasteiger charge is -2.20. The maximum absolute atomic E-state index is 13.2. The molecule has 0 radical (unpaired) electrons. The molecule has 34 heavy (non-hydrogen) atoms. The van der Waals surface area contributed by atoms with Gasteiger partial charge in [-0.05, 0) is 75.4 Å². The van der Waals surface area contributed by atoms with Gasteiger partial charge in [0.05, 0.1) is 13.2 Å². The molecular weight excluding hydrogens is 428 g/mol. The highest BCUT2D eigenvalue weighted by Gasteiger charge is 2.30. The van der Waals surface area contributed by atoms with E-state index in [4.69, 9.17) is 9.47 Å². The van der Waals surface area contributed by atoms with Crippen LogP contribution in [-0.2, 0) is 0 Å². The van der Waals surface area contributed by atoms with Gasteiger partial charge in [0.2, 0.25) is 0 Å². The SMILES string of the molecule is CCN(CC)CCCOc1ccc2c(c1)C(=O)c1ccc(OCCCN(CC)CC)cc1C2=O. The number of carbonyl (C=O) groups is 2. The summed E-state index contributed by atoms with van der Waals surface area (Å²) >= 11 is 0. The third-order valence-electron chi connectivity index (χ3n) is 6.52. The quantitative estimate of drug-likeness (QED) is 0.322. The molecule has 0 saturated carbocycles.